The summed E-state index contributed by atoms with van der Waals surface area (Å²) in [6.45, 7) is 5.49. The first kappa shape index (κ1) is 18.0. The van der Waals surface area contributed by atoms with E-state index in [4.69, 9.17) is 0 Å². The minimum absolute atomic E-state index is 0.0731. The number of amides is 2. The molecule has 0 bridgehead atoms. The first-order chi connectivity index (χ1) is 11.1. The van der Waals surface area contributed by atoms with E-state index in [1.165, 1.54) is 33.4 Å². The summed E-state index contributed by atoms with van der Waals surface area (Å²) in [4.78, 5) is 35.3. The molecule has 24 heavy (non-hydrogen) atoms. The van der Waals surface area contributed by atoms with E-state index in [0.29, 0.717) is 10.9 Å². The van der Waals surface area contributed by atoms with Gasteiger partial charge in [-0.25, -0.2) is 9.97 Å². The number of rotatable bonds is 3. The van der Waals surface area contributed by atoms with E-state index in [9.17, 15) is 14.0 Å². The summed E-state index contributed by atoms with van der Waals surface area (Å²) in [5.74, 6) is -0.593. The highest BCUT2D eigenvalue weighted by Gasteiger charge is 2.27. The minimum Gasteiger partial charge on any atom is -0.299 e. The third-order valence-electron chi connectivity index (χ3n) is 3.34. The molecule has 2 heterocycles. The zero-order valence-electron chi connectivity index (χ0n) is 14.2. The maximum Gasteiger partial charge on any atom is 0.261 e. The SMILES string of the molecule is CN(C(=O)C(C)(C)C)c1csc(N(C)C(=O)c2ccc(F)nc2)n1. The van der Waals surface area contributed by atoms with Crippen molar-refractivity contribution in [3.8, 4) is 0 Å². The number of anilines is 2. The highest BCUT2D eigenvalue weighted by Crippen LogP contribution is 2.28. The van der Waals surface area contributed by atoms with Gasteiger partial charge < -0.3 is 0 Å². The zero-order valence-corrected chi connectivity index (χ0v) is 15.0. The van der Waals surface area contributed by atoms with E-state index in [2.05, 4.69) is 9.97 Å². The van der Waals surface area contributed by atoms with Crippen LogP contribution in [0.1, 0.15) is 31.1 Å². The average Bonchev–Trinajstić information content (AvgIpc) is 3.01. The van der Waals surface area contributed by atoms with Crippen molar-refractivity contribution in [2.24, 2.45) is 5.41 Å². The highest BCUT2D eigenvalue weighted by molar-refractivity contribution is 7.14. The first-order valence-electron chi connectivity index (χ1n) is 7.24. The van der Waals surface area contributed by atoms with Crippen LogP contribution < -0.4 is 9.80 Å². The van der Waals surface area contributed by atoms with E-state index < -0.39 is 11.4 Å². The number of carbonyl (C=O) groups is 2. The molecule has 0 saturated heterocycles. The Morgan fingerprint density at radius 2 is 1.83 bits per heavy atom. The van der Waals surface area contributed by atoms with Crippen molar-refractivity contribution >= 4 is 34.1 Å². The molecule has 128 valence electrons. The molecule has 0 aromatic carbocycles. The Morgan fingerprint density at radius 3 is 2.38 bits per heavy atom. The number of hydrogen-bond acceptors (Lipinski definition) is 5. The van der Waals surface area contributed by atoms with Crippen LogP contribution in [0, 0.1) is 11.4 Å². The smallest absolute Gasteiger partial charge is 0.261 e. The van der Waals surface area contributed by atoms with Crippen LogP contribution >= 0.6 is 11.3 Å². The van der Waals surface area contributed by atoms with Crippen molar-refractivity contribution < 1.29 is 14.0 Å². The van der Waals surface area contributed by atoms with Gasteiger partial charge in [0, 0.05) is 31.1 Å². The van der Waals surface area contributed by atoms with Crippen LogP contribution in [-0.2, 0) is 4.79 Å². The minimum atomic E-state index is -0.645. The fraction of sp³-hybridized carbons (Fsp3) is 0.375. The molecule has 2 rings (SSSR count). The number of aromatic nitrogens is 2. The molecule has 0 saturated carbocycles. The summed E-state index contributed by atoms with van der Waals surface area (Å²) < 4.78 is 12.9. The Labute approximate surface area is 143 Å². The Kier molecular flexibility index (Phi) is 4.98. The molecule has 0 fully saturated rings. The molecule has 0 N–H and O–H groups in total. The maximum atomic E-state index is 12.9. The summed E-state index contributed by atoms with van der Waals surface area (Å²) in [5, 5.41) is 2.15. The second-order valence-corrected chi connectivity index (χ2v) is 7.17. The Hall–Kier alpha value is -2.35. The lowest BCUT2D eigenvalue weighted by Crippen LogP contribution is -2.37. The fourth-order valence-electron chi connectivity index (χ4n) is 1.95. The van der Waals surface area contributed by atoms with Crippen molar-refractivity contribution in [2.75, 3.05) is 23.9 Å². The van der Waals surface area contributed by atoms with Crippen molar-refractivity contribution in [3.05, 3.63) is 35.2 Å². The van der Waals surface area contributed by atoms with Gasteiger partial charge in [0.2, 0.25) is 11.9 Å². The Bertz CT molecular complexity index is 752. The summed E-state index contributed by atoms with van der Waals surface area (Å²) in [6.07, 6.45) is 1.18. The monoisotopic (exact) mass is 350 g/mol. The molecule has 0 radical (unpaired) electrons. The molecule has 0 aliphatic rings. The first-order valence-corrected chi connectivity index (χ1v) is 8.12. The predicted octanol–water partition coefficient (Wildman–Crippen LogP) is 2.96. The standard InChI is InChI=1S/C16H19FN4O2S/c1-16(2,3)14(23)20(4)12-9-24-15(19-12)21(5)13(22)10-6-7-11(17)18-8-10/h6-9H,1-5H3. The highest BCUT2D eigenvalue weighted by atomic mass is 32.1. The molecule has 0 aliphatic carbocycles. The molecule has 0 atom stereocenters. The van der Waals surface area contributed by atoms with E-state index in [0.717, 1.165) is 6.07 Å². The lowest BCUT2D eigenvalue weighted by molar-refractivity contribution is -0.125. The average molecular weight is 350 g/mol. The van der Waals surface area contributed by atoms with E-state index >= 15 is 0 Å². The second-order valence-electron chi connectivity index (χ2n) is 6.34. The van der Waals surface area contributed by atoms with Crippen LogP contribution in [0.3, 0.4) is 0 Å². The molecule has 2 aromatic heterocycles. The van der Waals surface area contributed by atoms with Crippen LogP contribution in [0.15, 0.2) is 23.7 Å². The maximum absolute atomic E-state index is 12.9. The van der Waals surface area contributed by atoms with E-state index in [-0.39, 0.29) is 17.4 Å². The Morgan fingerprint density at radius 1 is 1.17 bits per heavy atom. The van der Waals surface area contributed by atoms with Gasteiger partial charge in [-0.1, -0.05) is 20.8 Å². The molecule has 8 heteroatoms. The molecule has 0 aliphatic heterocycles. The number of nitrogens with zero attached hydrogens (tertiary/aromatic N) is 4. The van der Waals surface area contributed by atoms with Crippen LogP contribution in [-0.4, -0.2) is 35.9 Å². The summed E-state index contributed by atoms with van der Waals surface area (Å²) in [6, 6.07) is 2.50. The van der Waals surface area contributed by atoms with Gasteiger partial charge in [-0.05, 0) is 12.1 Å². The van der Waals surface area contributed by atoms with Gasteiger partial charge in [0.05, 0.1) is 5.56 Å². The van der Waals surface area contributed by atoms with Gasteiger partial charge >= 0.3 is 0 Å². The largest absolute Gasteiger partial charge is 0.299 e. The normalized spacial score (nSPS) is 11.2. The predicted molar refractivity (Wildman–Crippen MR) is 91.9 cm³/mol. The molecule has 0 spiro atoms. The summed E-state index contributed by atoms with van der Waals surface area (Å²) in [7, 11) is 3.22. The third-order valence-corrected chi connectivity index (χ3v) is 4.24. The number of pyridine rings is 1. The molecular weight excluding hydrogens is 331 g/mol. The van der Waals surface area contributed by atoms with Gasteiger partial charge in [-0.3, -0.25) is 19.4 Å². The zero-order chi connectivity index (χ0) is 18.1. The number of halogens is 1. The number of thiazole rings is 1. The van der Waals surface area contributed by atoms with Crippen LogP contribution in [0.25, 0.3) is 0 Å². The fourth-order valence-corrected chi connectivity index (χ4v) is 2.76. The van der Waals surface area contributed by atoms with Gasteiger partial charge in [0.25, 0.3) is 5.91 Å². The third kappa shape index (κ3) is 3.76. The van der Waals surface area contributed by atoms with Crippen molar-refractivity contribution in [3.63, 3.8) is 0 Å². The quantitative estimate of drug-likeness (QED) is 0.798. The van der Waals surface area contributed by atoms with E-state index in [1.54, 1.807) is 19.5 Å². The van der Waals surface area contributed by atoms with Crippen LogP contribution in [0.5, 0.6) is 0 Å². The number of carbonyl (C=O) groups excluding carboxylic acids is 2. The van der Waals surface area contributed by atoms with Crippen LogP contribution in [0.4, 0.5) is 15.3 Å². The summed E-state index contributed by atoms with van der Waals surface area (Å²) >= 11 is 1.25. The molecule has 2 aromatic rings. The van der Waals surface area contributed by atoms with Crippen LogP contribution in [0.2, 0.25) is 0 Å². The van der Waals surface area contributed by atoms with Crippen molar-refractivity contribution in [1.29, 1.82) is 0 Å². The molecule has 2 amide bonds. The topological polar surface area (TPSA) is 66.4 Å². The second kappa shape index (κ2) is 6.64. The molecule has 0 unspecified atom stereocenters. The lowest BCUT2D eigenvalue weighted by atomic mass is 9.95. The van der Waals surface area contributed by atoms with Gasteiger partial charge in [0.1, 0.15) is 5.82 Å². The van der Waals surface area contributed by atoms with Gasteiger partial charge in [0.15, 0.2) is 5.13 Å². The van der Waals surface area contributed by atoms with Gasteiger partial charge in [-0.15, -0.1) is 11.3 Å². The molecular formula is C16H19FN4O2S. The van der Waals surface area contributed by atoms with Crippen molar-refractivity contribution in [1.82, 2.24) is 9.97 Å². The lowest BCUT2D eigenvalue weighted by Gasteiger charge is -2.24. The van der Waals surface area contributed by atoms with Gasteiger partial charge in [-0.2, -0.15) is 4.39 Å². The van der Waals surface area contributed by atoms with E-state index in [1.807, 2.05) is 20.8 Å². The Balaban J connectivity index is 2.19. The molecule has 6 nitrogen and oxygen atoms in total. The summed E-state index contributed by atoms with van der Waals surface area (Å²) in [5.41, 5.74) is -0.269. The number of hydrogen-bond donors (Lipinski definition) is 0. The van der Waals surface area contributed by atoms with Crippen molar-refractivity contribution in [2.45, 2.75) is 20.8 Å².